The molecule has 152 valence electrons. The Kier molecular flexibility index (Phi) is 5.16. The molecule has 0 radical (unpaired) electrons. The molecule has 1 aromatic rings. The van der Waals surface area contributed by atoms with Gasteiger partial charge in [-0.25, -0.2) is 0 Å². The van der Waals surface area contributed by atoms with Crippen molar-refractivity contribution in [1.29, 1.82) is 0 Å². The van der Waals surface area contributed by atoms with Crippen LogP contribution in [0.2, 0.25) is 0 Å². The van der Waals surface area contributed by atoms with Gasteiger partial charge >= 0.3 is 11.9 Å². The molecule has 0 spiro atoms. The quantitative estimate of drug-likeness (QED) is 0.759. The van der Waals surface area contributed by atoms with Crippen LogP contribution in [0.15, 0.2) is 60.7 Å². The summed E-state index contributed by atoms with van der Waals surface area (Å²) in [5.41, 5.74) is 0.158. The van der Waals surface area contributed by atoms with Crippen LogP contribution < -0.4 is 0 Å². The van der Waals surface area contributed by atoms with Gasteiger partial charge in [-0.15, -0.1) is 0 Å². The molecule has 0 aliphatic heterocycles. The number of carboxylic acids is 2. The first-order chi connectivity index (χ1) is 13.5. The first-order valence-electron chi connectivity index (χ1n) is 9.86. The molecule has 0 saturated carbocycles. The van der Waals surface area contributed by atoms with Crippen molar-refractivity contribution < 1.29 is 19.8 Å². The van der Waals surface area contributed by atoms with Crippen LogP contribution in [0.5, 0.6) is 0 Å². The second-order valence-corrected chi connectivity index (χ2v) is 9.00. The molecule has 2 atom stereocenters. The van der Waals surface area contributed by atoms with Crippen molar-refractivity contribution in [2.75, 3.05) is 0 Å². The summed E-state index contributed by atoms with van der Waals surface area (Å²) >= 11 is 0. The monoisotopic (exact) mass is 392 g/mol. The summed E-state index contributed by atoms with van der Waals surface area (Å²) in [6.07, 6.45) is 14.8. The summed E-state index contributed by atoms with van der Waals surface area (Å²) < 4.78 is 0. The van der Waals surface area contributed by atoms with Crippen LogP contribution in [-0.2, 0) is 25.8 Å². The molecule has 0 aromatic heterocycles. The molecule has 4 nitrogen and oxygen atoms in total. The molecule has 0 fully saturated rings. The van der Waals surface area contributed by atoms with E-state index >= 15 is 0 Å². The third-order valence-electron chi connectivity index (χ3n) is 6.03. The Labute approximate surface area is 172 Å². The number of carbonyl (C=O) groups is 2. The van der Waals surface area contributed by atoms with Gasteiger partial charge in [0.15, 0.2) is 0 Å². The van der Waals surface area contributed by atoms with Gasteiger partial charge in [-0.2, -0.15) is 0 Å². The Morgan fingerprint density at radius 1 is 0.862 bits per heavy atom. The molecule has 2 aliphatic carbocycles. The fraction of sp³-hybridized carbons (Fsp3) is 0.360. The van der Waals surface area contributed by atoms with Crippen molar-refractivity contribution in [2.45, 2.75) is 56.8 Å². The lowest BCUT2D eigenvalue weighted by Gasteiger charge is -2.38. The molecule has 0 amide bonds. The van der Waals surface area contributed by atoms with Crippen LogP contribution in [-0.4, -0.2) is 22.2 Å². The summed E-state index contributed by atoms with van der Waals surface area (Å²) in [6, 6.07) is 3.92. The van der Waals surface area contributed by atoms with Gasteiger partial charge in [0.25, 0.3) is 0 Å². The maximum Gasteiger partial charge on any atom is 0.318 e. The lowest BCUT2D eigenvalue weighted by atomic mass is 9.63. The predicted octanol–water partition coefficient (Wildman–Crippen LogP) is 4.97. The Morgan fingerprint density at radius 3 is 1.79 bits per heavy atom. The van der Waals surface area contributed by atoms with E-state index in [2.05, 4.69) is 20.8 Å². The van der Waals surface area contributed by atoms with Crippen molar-refractivity contribution in [1.82, 2.24) is 0 Å². The van der Waals surface area contributed by atoms with Crippen LogP contribution in [0.4, 0.5) is 0 Å². The standard InChI is InChI=1S/C25H28O4/c1-17-15-18(23(2,3)4)16-19(24(21(26)27)11-7-5-8-12-24)20(17)25(22(28)29)13-9-6-10-14-25/h5-11,13,15-16H,12,14H2,1-4H3,(H,26,27)(H,28,29). The maximum absolute atomic E-state index is 12.6. The number of hydrogen-bond acceptors (Lipinski definition) is 2. The van der Waals surface area contributed by atoms with E-state index in [1.807, 2.05) is 43.4 Å². The predicted molar refractivity (Wildman–Crippen MR) is 114 cm³/mol. The Morgan fingerprint density at radius 2 is 1.38 bits per heavy atom. The molecule has 2 unspecified atom stereocenters. The van der Waals surface area contributed by atoms with E-state index in [-0.39, 0.29) is 18.3 Å². The number of carboxylic acid groups (broad SMARTS) is 2. The minimum Gasteiger partial charge on any atom is -0.480 e. The summed E-state index contributed by atoms with van der Waals surface area (Å²) in [6.45, 7) is 8.12. The second-order valence-electron chi connectivity index (χ2n) is 9.00. The molecule has 3 rings (SSSR count). The molecule has 0 saturated heterocycles. The SMILES string of the molecule is Cc1cc(C(C)(C)C)cc(C2(C(=O)O)C=CC=CC2)c1C1(C(=O)O)C=CC=CC1. The number of benzene rings is 1. The van der Waals surface area contributed by atoms with Crippen molar-refractivity contribution in [3.05, 3.63) is 83.0 Å². The van der Waals surface area contributed by atoms with Crippen molar-refractivity contribution in [2.24, 2.45) is 0 Å². The van der Waals surface area contributed by atoms with Gasteiger partial charge in [-0.05, 0) is 47.4 Å². The summed E-state index contributed by atoms with van der Waals surface area (Å²) in [5.74, 6) is -1.94. The van der Waals surface area contributed by atoms with E-state index < -0.39 is 22.8 Å². The van der Waals surface area contributed by atoms with Gasteiger partial charge in [-0.1, -0.05) is 81.5 Å². The van der Waals surface area contributed by atoms with Crippen molar-refractivity contribution in [3.8, 4) is 0 Å². The normalized spacial score (nSPS) is 25.9. The Balaban J connectivity index is 2.43. The number of aliphatic carboxylic acids is 2. The minimum atomic E-state index is -1.30. The highest BCUT2D eigenvalue weighted by molar-refractivity contribution is 5.90. The third kappa shape index (κ3) is 3.37. The topological polar surface area (TPSA) is 74.6 Å². The lowest BCUT2D eigenvalue weighted by molar-refractivity contribution is -0.143. The fourth-order valence-corrected chi connectivity index (χ4v) is 4.33. The summed E-state index contributed by atoms with van der Waals surface area (Å²) in [4.78, 5) is 25.1. The van der Waals surface area contributed by atoms with Crippen LogP contribution >= 0.6 is 0 Å². The minimum absolute atomic E-state index is 0.204. The van der Waals surface area contributed by atoms with Gasteiger partial charge in [0.2, 0.25) is 0 Å². The second kappa shape index (κ2) is 7.18. The highest BCUT2D eigenvalue weighted by Gasteiger charge is 2.47. The Bertz CT molecular complexity index is 971. The molecule has 4 heteroatoms. The molecule has 2 aliphatic rings. The first kappa shape index (κ1) is 20.8. The zero-order valence-electron chi connectivity index (χ0n) is 17.4. The highest BCUT2D eigenvalue weighted by atomic mass is 16.4. The van der Waals surface area contributed by atoms with Crippen molar-refractivity contribution in [3.63, 3.8) is 0 Å². The fourth-order valence-electron chi connectivity index (χ4n) is 4.33. The van der Waals surface area contributed by atoms with Crippen LogP contribution in [0.25, 0.3) is 0 Å². The van der Waals surface area contributed by atoms with Crippen LogP contribution in [0.3, 0.4) is 0 Å². The zero-order chi connectivity index (χ0) is 21.4. The molecule has 29 heavy (non-hydrogen) atoms. The molecule has 2 N–H and O–H groups in total. The molecule has 0 bridgehead atoms. The van der Waals surface area contributed by atoms with Gasteiger partial charge < -0.3 is 10.2 Å². The average Bonchev–Trinajstić information content (AvgIpc) is 2.67. The zero-order valence-corrected chi connectivity index (χ0v) is 17.4. The molecule has 0 heterocycles. The van der Waals surface area contributed by atoms with E-state index in [1.54, 1.807) is 24.3 Å². The third-order valence-corrected chi connectivity index (χ3v) is 6.03. The first-order valence-corrected chi connectivity index (χ1v) is 9.86. The maximum atomic E-state index is 12.6. The summed E-state index contributed by atoms with van der Waals surface area (Å²) in [7, 11) is 0. The average molecular weight is 392 g/mol. The summed E-state index contributed by atoms with van der Waals surface area (Å²) in [5, 5.41) is 20.6. The van der Waals surface area contributed by atoms with E-state index in [9.17, 15) is 19.8 Å². The smallest absolute Gasteiger partial charge is 0.318 e. The van der Waals surface area contributed by atoms with Crippen molar-refractivity contribution >= 4 is 11.9 Å². The Hall–Kier alpha value is -2.88. The van der Waals surface area contributed by atoms with E-state index in [4.69, 9.17) is 0 Å². The van der Waals surface area contributed by atoms with Gasteiger partial charge in [-0.3, -0.25) is 9.59 Å². The van der Waals surface area contributed by atoms with E-state index in [0.29, 0.717) is 11.1 Å². The molecular formula is C25H28O4. The van der Waals surface area contributed by atoms with Gasteiger partial charge in [0.1, 0.15) is 10.8 Å². The number of aryl methyl sites for hydroxylation is 1. The van der Waals surface area contributed by atoms with E-state index in [1.165, 1.54) is 0 Å². The van der Waals surface area contributed by atoms with Gasteiger partial charge in [0, 0.05) is 0 Å². The molecule has 1 aromatic carbocycles. The van der Waals surface area contributed by atoms with Gasteiger partial charge in [0.05, 0.1) is 0 Å². The van der Waals surface area contributed by atoms with Crippen LogP contribution in [0, 0.1) is 6.92 Å². The number of rotatable bonds is 4. The largest absolute Gasteiger partial charge is 0.480 e. The number of hydrogen-bond donors (Lipinski definition) is 2. The van der Waals surface area contributed by atoms with E-state index in [0.717, 1.165) is 11.1 Å². The highest BCUT2D eigenvalue weighted by Crippen LogP contribution is 2.46. The lowest BCUT2D eigenvalue weighted by Crippen LogP contribution is -2.42. The number of allylic oxidation sites excluding steroid dienone is 6. The molecular weight excluding hydrogens is 364 g/mol. The van der Waals surface area contributed by atoms with Crippen LogP contribution in [0.1, 0.15) is 55.9 Å².